The van der Waals surface area contributed by atoms with Gasteiger partial charge in [-0.1, -0.05) is 12.1 Å². The molecule has 0 amide bonds. The van der Waals surface area contributed by atoms with Crippen LogP contribution >= 0.6 is 11.6 Å². The summed E-state index contributed by atoms with van der Waals surface area (Å²) < 4.78 is 31.2. The van der Waals surface area contributed by atoms with Crippen molar-refractivity contribution in [2.45, 2.75) is 30.2 Å². The number of rotatable bonds is 5. The summed E-state index contributed by atoms with van der Waals surface area (Å²) in [5, 5.41) is 0. The second-order valence-electron chi connectivity index (χ2n) is 4.88. The highest BCUT2D eigenvalue weighted by molar-refractivity contribution is 7.89. The van der Waals surface area contributed by atoms with E-state index in [0.29, 0.717) is 31.7 Å². The van der Waals surface area contributed by atoms with Gasteiger partial charge in [0.2, 0.25) is 10.0 Å². The van der Waals surface area contributed by atoms with Crippen LogP contribution in [0.2, 0.25) is 0 Å². The number of ether oxygens (including phenoxy) is 1. The molecule has 1 aromatic carbocycles. The average Bonchev–Trinajstić information content (AvgIpc) is 2.97. The quantitative estimate of drug-likeness (QED) is 0.609. The standard InChI is InChI=1S/C14H18ClNO4S/c1-20-14(17)13-3-2-10-16(13)21(18,19)12-6-4-11(5-7-12)8-9-15/h4-7,13H,2-3,8-10H2,1H3. The van der Waals surface area contributed by atoms with E-state index in [0.717, 1.165) is 5.56 Å². The SMILES string of the molecule is COC(=O)C1CCCN1S(=O)(=O)c1ccc(CCCl)cc1. The van der Waals surface area contributed by atoms with Crippen molar-refractivity contribution in [1.82, 2.24) is 4.31 Å². The molecule has 0 aliphatic carbocycles. The van der Waals surface area contributed by atoms with E-state index in [1.165, 1.54) is 11.4 Å². The van der Waals surface area contributed by atoms with Crippen molar-refractivity contribution in [1.29, 1.82) is 0 Å². The Morgan fingerprint density at radius 1 is 1.38 bits per heavy atom. The van der Waals surface area contributed by atoms with Crippen molar-refractivity contribution in [3.8, 4) is 0 Å². The normalized spacial score (nSPS) is 19.6. The van der Waals surface area contributed by atoms with Crippen molar-refractivity contribution < 1.29 is 17.9 Å². The zero-order chi connectivity index (χ0) is 15.5. The highest BCUT2D eigenvalue weighted by Gasteiger charge is 2.39. The number of nitrogens with zero attached hydrogens (tertiary/aromatic N) is 1. The van der Waals surface area contributed by atoms with Crippen LogP contribution in [0.5, 0.6) is 0 Å². The monoisotopic (exact) mass is 331 g/mol. The molecule has 0 saturated carbocycles. The van der Waals surface area contributed by atoms with Gasteiger partial charge in [0.05, 0.1) is 12.0 Å². The number of halogens is 1. The number of sulfonamides is 1. The minimum Gasteiger partial charge on any atom is -0.468 e. The molecule has 1 aliphatic rings. The van der Waals surface area contributed by atoms with Gasteiger partial charge in [0.1, 0.15) is 6.04 Å². The number of benzene rings is 1. The molecule has 1 heterocycles. The second kappa shape index (κ2) is 6.77. The lowest BCUT2D eigenvalue weighted by Gasteiger charge is -2.22. The molecule has 1 unspecified atom stereocenters. The van der Waals surface area contributed by atoms with Crippen molar-refractivity contribution in [2.75, 3.05) is 19.5 Å². The van der Waals surface area contributed by atoms with Gasteiger partial charge in [0, 0.05) is 12.4 Å². The van der Waals surface area contributed by atoms with E-state index in [2.05, 4.69) is 4.74 Å². The minimum atomic E-state index is -3.68. The molecule has 0 N–H and O–H groups in total. The first-order chi connectivity index (χ1) is 10.0. The summed E-state index contributed by atoms with van der Waals surface area (Å²) >= 11 is 5.66. The van der Waals surface area contributed by atoms with Gasteiger partial charge >= 0.3 is 5.97 Å². The Labute approximate surface area is 129 Å². The van der Waals surface area contributed by atoms with Gasteiger partial charge in [-0.25, -0.2) is 8.42 Å². The Balaban J connectivity index is 2.26. The lowest BCUT2D eigenvalue weighted by Crippen LogP contribution is -2.41. The summed E-state index contributed by atoms with van der Waals surface area (Å²) in [7, 11) is -2.40. The van der Waals surface area contributed by atoms with Gasteiger partial charge in [-0.15, -0.1) is 11.6 Å². The summed E-state index contributed by atoms with van der Waals surface area (Å²) in [6.45, 7) is 0.339. The highest BCUT2D eigenvalue weighted by atomic mass is 35.5. The van der Waals surface area contributed by atoms with Crippen LogP contribution in [0.25, 0.3) is 0 Å². The maximum Gasteiger partial charge on any atom is 0.324 e. The van der Waals surface area contributed by atoms with E-state index < -0.39 is 22.0 Å². The van der Waals surface area contributed by atoms with Crippen LogP contribution in [0, 0.1) is 0 Å². The molecule has 21 heavy (non-hydrogen) atoms. The van der Waals surface area contributed by atoms with Gasteiger partial charge < -0.3 is 4.74 Å². The lowest BCUT2D eigenvalue weighted by molar-refractivity contribution is -0.144. The van der Waals surface area contributed by atoms with Gasteiger partial charge in [-0.2, -0.15) is 4.31 Å². The van der Waals surface area contributed by atoms with Crippen LogP contribution in [0.15, 0.2) is 29.2 Å². The summed E-state index contributed by atoms with van der Waals surface area (Å²) in [6.07, 6.45) is 1.84. The number of alkyl halides is 1. The third-order valence-corrected chi connectivity index (χ3v) is 5.70. The van der Waals surface area contributed by atoms with Gasteiger partial charge in [0.15, 0.2) is 0 Å². The van der Waals surface area contributed by atoms with E-state index >= 15 is 0 Å². The molecule has 5 nitrogen and oxygen atoms in total. The van der Waals surface area contributed by atoms with Crippen LogP contribution in [0.4, 0.5) is 0 Å². The lowest BCUT2D eigenvalue weighted by atomic mass is 10.2. The van der Waals surface area contributed by atoms with Crippen molar-refractivity contribution in [3.05, 3.63) is 29.8 Å². The third-order valence-electron chi connectivity index (χ3n) is 3.59. The first-order valence-corrected chi connectivity index (χ1v) is 8.72. The predicted octanol–water partition coefficient (Wildman–Crippen LogP) is 1.79. The molecule has 0 radical (unpaired) electrons. The van der Waals surface area contributed by atoms with E-state index in [-0.39, 0.29) is 4.90 Å². The van der Waals surface area contributed by atoms with Gasteiger partial charge in [-0.3, -0.25) is 4.79 Å². The molecule has 1 fully saturated rings. The number of methoxy groups -OCH3 is 1. The summed E-state index contributed by atoms with van der Waals surface area (Å²) in [5.41, 5.74) is 0.981. The van der Waals surface area contributed by atoms with Crippen molar-refractivity contribution in [3.63, 3.8) is 0 Å². The third kappa shape index (κ3) is 3.39. The first-order valence-electron chi connectivity index (χ1n) is 6.75. The predicted molar refractivity (Wildman–Crippen MR) is 79.8 cm³/mol. The fourth-order valence-corrected chi connectivity index (χ4v) is 4.34. The molecule has 0 bridgehead atoms. The van der Waals surface area contributed by atoms with Crippen LogP contribution in [0.1, 0.15) is 18.4 Å². The van der Waals surface area contributed by atoms with Crippen LogP contribution < -0.4 is 0 Å². The number of carbonyl (C=O) groups is 1. The molecule has 2 rings (SSSR count). The van der Waals surface area contributed by atoms with Crippen LogP contribution in [-0.4, -0.2) is 44.3 Å². The Morgan fingerprint density at radius 2 is 2.05 bits per heavy atom. The second-order valence-corrected chi connectivity index (χ2v) is 7.15. The fraction of sp³-hybridized carbons (Fsp3) is 0.500. The zero-order valence-corrected chi connectivity index (χ0v) is 13.4. The Morgan fingerprint density at radius 3 is 2.62 bits per heavy atom. The first kappa shape index (κ1) is 16.3. The van der Waals surface area contributed by atoms with E-state index in [1.807, 2.05) is 0 Å². The smallest absolute Gasteiger partial charge is 0.324 e. The topological polar surface area (TPSA) is 63.7 Å². The fourth-order valence-electron chi connectivity index (χ4n) is 2.47. The van der Waals surface area contributed by atoms with E-state index in [1.54, 1.807) is 24.3 Å². The minimum absolute atomic E-state index is 0.191. The van der Waals surface area contributed by atoms with Gasteiger partial charge in [0.25, 0.3) is 0 Å². The molecule has 116 valence electrons. The molecule has 0 spiro atoms. The van der Waals surface area contributed by atoms with E-state index in [4.69, 9.17) is 11.6 Å². The Kier molecular flexibility index (Phi) is 5.24. The molecule has 1 aromatic rings. The number of hydrogen-bond acceptors (Lipinski definition) is 4. The Hall–Kier alpha value is -1.11. The molecular formula is C14H18ClNO4S. The van der Waals surface area contributed by atoms with Crippen molar-refractivity contribution in [2.24, 2.45) is 0 Å². The maximum absolute atomic E-state index is 12.6. The Bertz CT molecular complexity index is 600. The van der Waals surface area contributed by atoms with Crippen LogP contribution in [0.3, 0.4) is 0 Å². The zero-order valence-electron chi connectivity index (χ0n) is 11.8. The molecule has 1 saturated heterocycles. The molecule has 1 aliphatic heterocycles. The highest BCUT2D eigenvalue weighted by Crippen LogP contribution is 2.27. The molecule has 7 heteroatoms. The molecule has 1 atom stereocenters. The molecule has 0 aromatic heterocycles. The number of esters is 1. The summed E-state index contributed by atoms with van der Waals surface area (Å²) in [4.78, 5) is 11.9. The van der Waals surface area contributed by atoms with E-state index in [9.17, 15) is 13.2 Å². The van der Waals surface area contributed by atoms with Crippen LogP contribution in [-0.2, 0) is 26.0 Å². The number of hydrogen-bond donors (Lipinski definition) is 0. The molecular weight excluding hydrogens is 314 g/mol. The summed E-state index contributed by atoms with van der Waals surface area (Å²) in [5.74, 6) is -0.0161. The van der Waals surface area contributed by atoms with Gasteiger partial charge in [-0.05, 0) is 37.0 Å². The average molecular weight is 332 g/mol. The van der Waals surface area contributed by atoms with Crippen molar-refractivity contribution >= 4 is 27.6 Å². The largest absolute Gasteiger partial charge is 0.468 e. The number of aryl methyl sites for hydroxylation is 1. The maximum atomic E-state index is 12.6. The summed E-state index contributed by atoms with van der Waals surface area (Å²) in [6, 6.07) is 5.90. The number of carbonyl (C=O) groups excluding carboxylic acids is 1.